The number of rotatable bonds is 4. The first-order valence-corrected chi connectivity index (χ1v) is 5.55. The average molecular weight is 184 g/mol. The first-order valence-electron chi connectivity index (χ1n) is 5.55. The first kappa shape index (κ1) is 11.0. The molecule has 0 N–H and O–H groups in total. The molecule has 78 valence electrons. The minimum Gasteiger partial charge on any atom is -0.308 e. The average Bonchev–Trinajstić information content (AvgIpc) is 2.15. The summed E-state index contributed by atoms with van der Waals surface area (Å²) in [5.41, 5.74) is 0. The maximum Gasteiger partial charge on any atom is 0.0109 e. The third kappa shape index (κ3) is 4.10. The Morgan fingerprint density at radius 2 is 1.54 bits per heavy atom. The van der Waals surface area contributed by atoms with E-state index in [-0.39, 0.29) is 0 Å². The smallest absolute Gasteiger partial charge is 0.0109 e. The summed E-state index contributed by atoms with van der Waals surface area (Å²) in [7, 11) is 6.57. The highest BCUT2D eigenvalue weighted by atomic mass is 15.2. The van der Waals surface area contributed by atoms with Gasteiger partial charge in [0.25, 0.3) is 0 Å². The van der Waals surface area contributed by atoms with Crippen molar-refractivity contribution in [3.05, 3.63) is 0 Å². The molecule has 0 unspecified atom stereocenters. The van der Waals surface area contributed by atoms with Crippen molar-refractivity contribution < 1.29 is 0 Å². The van der Waals surface area contributed by atoms with Crippen molar-refractivity contribution in [2.24, 2.45) is 0 Å². The Balaban J connectivity index is 2.17. The van der Waals surface area contributed by atoms with Crippen LogP contribution in [0.2, 0.25) is 0 Å². The van der Waals surface area contributed by atoms with Gasteiger partial charge in [-0.25, -0.2) is 0 Å². The summed E-state index contributed by atoms with van der Waals surface area (Å²) < 4.78 is 0. The van der Waals surface area contributed by atoms with E-state index >= 15 is 0 Å². The molecule has 0 aromatic carbocycles. The Bertz CT molecular complexity index is 128. The van der Waals surface area contributed by atoms with Crippen molar-refractivity contribution in [1.82, 2.24) is 9.80 Å². The third-order valence-electron chi connectivity index (χ3n) is 3.10. The van der Waals surface area contributed by atoms with Gasteiger partial charge in [0, 0.05) is 19.1 Å². The topological polar surface area (TPSA) is 6.48 Å². The van der Waals surface area contributed by atoms with Gasteiger partial charge in [0.05, 0.1) is 0 Å². The molecule has 2 nitrogen and oxygen atoms in total. The molecule has 0 bridgehead atoms. The second kappa shape index (κ2) is 5.61. The van der Waals surface area contributed by atoms with E-state index in [0.29, 0.717) is 0 Å². The van der Waals surface area contributed by atoms with Crippen LogP contribution in [-0.2, 0) is 0 Å². The summed E-state index contributed by atoms with van der Waals surface area (Å²) in [5, 5.41) is 0. The molecule has 1 fully saturated rings. The monoisotopic (exact) mass is 184 g/mol. The zero-order valence-corrected chi connectivity index (χ0v) is 9.42. The Hall–Kier alpha value is -0.0800. The summed E-state index contributed by atoms with van der Waals surface area (Å²) in [6.45, 7) is 2.41. The van der Waals surface area contributed by atoms with Gasteiger partial charge in [-0.05, 0) is 34.0 Å². The molecule has 1 aliphatic carbocycles. The van der Waals surface area contributed by atoms with Gasteiger partial charge in [-0.3, -0.25) is 0 Å². The highest BCUT2D eigenvalue weighted by Gasteiger charge is 2.17. The van der Waals surface area contributed by atoms with Crippen LogP contribution in [-0.4, -0.2) is 50.1 Å². The fourth-order valence-electron chi connectivity index (χ4n) is 2.06. The molecule has 0 aromatic rings. The second-order valence-corrected chi connectivity index (χ2v) is 4.58. The molecule has 0 spiro atoms. The molecule has 1 rings (SSSR count). The van der Waals surface area contributed by atoms with E-state index in [1.54, 1.807) is 0 Å². The quantitative estimate of drug-likeness (QED) is 0.657. The van der Waals surface area contributed by atoms with Crippen LogP contribution < -0.4 is 0 Å². The maximum atomic E-state index is 2.54. The van der Waals surface area contributed by atoms with Crippen molar-refractivity contribution in [3.8, 4) is 0 Å². The Morgan fingerprint density at radius 1 is 0.923 bits per heavy atom. The van der Waals surface area contributed by atoms with Gasteiger partial charge in [-0.1, -0.05) is 19.3 Å². The number of hydrogen-bond acceptors (Lipinski definition) is 2. The van der Waals surface area contributed by atoms with Gasteiger partial charge in [-0.2, -0.15) is 0 Å². The zero-order chi connectivity index (χ0) is 9.68. The molecule has 0 atom stereocenters. The van der Waals surface area contributed by atoms with Crippen LogP contribution in [0.1, 0.15) is 32.1 Å². The molecule has 0 saturated heterocycles. The number of nitrogens with zero attached hydrogens (tertiary/aromatic N) is 2. The van der Waals surface area contributed by atoms with Crippen LogP contribution in [0.15, 0.2) is 0 Å². The lowest BCUT2D eigenvalue weighted by molar-refractivity contribution is 0.177. The van der Waals surface area contributed by atoms with E-state index < -0.39 is 0 Å². The van der Waals surface area contributed by atoms with Gasteiger partial charge >= 0.3 is 0 Å². The van der Waals surface area contributed by atoms with Crippen LogP contribution >= 0.6 is 0 Å². The van der Waals surface area contributed by atoms with E-state index in [1.165, 1.54) is 45.2 Å². The lowest BCUT2D eigenvalue weighted by atomic mass is 9.94. The normalized spacial score (nSPS) is 20.1. The summed E-state index contributed by atoms with van der Waals surface area (Å²) in [5.74, 6) is 0. The predicted octanol–water partition coefficient (Wildman–Crippen LogP) is 1.81. The standard InChI is InChI=1S/C11H24N2/c1-12(2)9-10-13(3)11-7-5-4-6-8-11/h11H,4-10H2,1-3H3. The number of likely N-dealkylation sites (N-methyl/N-ethyl adjacent to an activating group) is 2. The van der Waals surface area contributed by atoms with Crippen LogP contribution in [0.25, 0.3) is 0 Å². The lowest BCUT2D eigenvalue weighted by Gasteiger charge is -2.31. The molecule has 13 heavy (non-hydrogen) atoms. The zero-order valence-electron chi connectivity index (χ0n) is 9.42. The molecular formula is C11H24N2. The SMILES string of the molecule is CN(C)CCN(C)C1CCCCC1. The van der Waals surface area contributed by atoms with Gasteiger partial charge < -0.3 is 9.80 Å². The largest absolute Gasteiger partial charge is 0.308 e. The van der Waals surface area contributed by atoms with Crippen molar-refractivity contribution in [1.29, 1.82) is 0 Å². The fourth-order valence-corrected chi connectivity index (χ4v) is 2.06. The van der Waals surface area contributed by atoms with E-state index in [4.69, 9.17) is 0 Å². The van der Waals surface area contributed by atoms with Gasteiger partial charge in [-0.15, -0.1) is 0 Å². The third-order valence-corrected chi connectivity index (χ3v) is 3.10. The van der Waals surface area contributed by atoms with Crippen LogP contribution in [0.5, 0.6) is 0 Å². The van der Waals surface area contributed by atoms with Crippen molar-refractivity contribution in [2.75, 3.05) is 34.2 Å². The molecular weight excluding hydrogens is 160 g/mol. The molecule has 0 aromatic heterocycles. The van der Waals surface area contributed by atoms with E-state index in [2.05, 4.69) is 30.9 Å². The van der Waals surface area contributed by atoms with Gasteiger partial charge in [0.2, 0.25) is 0 Å². The van der Waals surface area contributed by atoms with Crippen molar-refractivity contribution in [3.63, 3.8) is 0 Å². The summed E-state index contributed by atoms with van der Waals surface area (Å²) >= 11 is 0. The van der Waals surface area contributed by atoms with Crippen LogP contribution in [0.4, 0.5) is 0 Å². The van der Waals surface area contributed by atoms with Crippen LogP contribution in [0.3, 0.4) is 0 Å². The second-order valence-electron chi connectivity index (χ2n) is 4.58. The van der Waals surface area contributed by atoms with Gasteiger partial charge in [0.1, 0.15) is 0 Å². The summed E-state index contributed by atoms with van der Waals surface area (Å²) in [6.07, 6.45) is 7.18. The number of hydrogen-bond donors (Lipinski definition) is 0. The van der Waals surface area contributed by atoms with Crippen molar-refractivity contribution >= 4 is 0 Å². The van der Waals surface area contributed by atoms with E-state index in [1.807, 2.05) is 0 Å². The first-order chi connectivity index (χ1) is 6.20. The Kier molecular flexibility index (Phi) is 4.74. The Morgan fingerprint density at radius 3 is 2.08 bits per heavy atom. The molecule has 2 heteroatoms. The molecule has 1 aliphatic rings. The minimum atomic E-state index is 0.869. The molecule has 0 radical (unpaired) electrons. The summed E-state index contributed by atoms with van der Waals surface area (Å²) in [4.78, 5) is 4.80. The van der Waals surface area contributed by atoms with E-state index in [9.17, 15) is 0 Å². The molecule has 0 aliphatic heterocycles. The summed E-state index contributed by atoms with van der Waals surface area (Å²) in [6, 6.07) is 0.869. The molecule has 1 saturated carbocycles. The Labute approximate surface area is 82.9 Å². The molecule has 0 heterocycles. The van der Waals surface area contributed by atoms with Gasteiger partial charge in [0.15, 0.2) is 0 Å². The van der Waals surface area contributed by atoms with Crippen LogP contribution in [0, 0.1) is 0 Å². The minimum absolute atomic E-state index is 0.869. The highest BCUT2D eigenvalue weighted by molar-refractivity contribution is 4.73. The predicted molar refractivity (Wildman–Crippen MR) is 58.1 cm³/mol. The molecule has 0 amide bonds. The fraction of sp³-hybridized carbons (Fsp3) is 1.00. The maximum absolute atomic E-state index is 2.54. The highest BCUT2D eigenvalue weighted by Crippen LogP contribution is 2.21. The lowest BCUT2D eigenvalue weighted by Crippen LogP contribution is -2.37. The van der Waals surface area contributed by atoms with E-state index in [0.717, 1.165) is 6.04 Å². The van der Waals surface area contributed by atoms with Crippen molar-refractivity contribution in [2.45, 2.75) is 38.1 Å².